The summed E-state index contributed by atoms with van der Waals surface area (Å²) in [5, 5.41) is 1.28. The lowest BCUT2D eigenvalue weighted by Crippen LogP contribution is -2.44. The molecule has 0 saturated heterocycles. The summed E-state index contributed by atoms with van der Waals surface area (Å²) in [5.41, 5.74) is 4.71. The van der Waals surface area contributed by atoms with Gasteiger partial charge in [0.25, 0.3) is 0 Å². The minimum absolute atomic E-state index is 0.0834. The minimum atomic E-state index is -0.185. The molecule has 2 aliphatic rings. The molecule has 1 aliphatic heterocycles. The Bertz CT molecular complexity index is 1060. The van der Waals surface area contributed by atoms with Gasteiger partial charge in [0.1, 0.15) is 11.5 Å². The van der Waals surface area contributed by atoms with Crippen molar-refractivity contribution < 1.29 is 14.3 Å². The Hall–Kier alpha value is -2.95. The molecule has 1 atom stereocenters. The topological polar surface area (TPSA) is 54.6 Å². The van der Waals surface area contributed by atoms with Crippen LogP contribution in [0.5, 0.6) is 11.5 Å². The summed E-state index contributed by atoms with van der Waals surface area (Å²) in [7, 11) is 3.30. The Kier molecular flexibility index (Phi) is 3.69. The van der Waals surface area contributed by atoms with Crippen molar-refractivity contribution >= 4 is 16.8 Å². The monoisotopic (exact) mass is 376 g/mol. The number of nitrogens with zero attached hydrogens (tertiary/aromatic N) is 1. The van der Waals surface area contributed by atoms with Gasteiger partial charge in [-0.05, 0) is 42.2 Å². The maximum absolute atomic E-state index is 12.7. The van der Waals surface area contributed by atoms with Crippen molar-refractivity contribution in [1.29, 1.82) is 0 Å². The largest absolute Gasteiger partial charge is 0.497 e. The fourth-order valence-electron chi connectivity index (χ4n) is 4.78. The molecule has 1 spiro atoms. The Balaban J connectivity index is 1.77. The van der Waals surface area contributed by atoms with Gasteiger partial charge in [-0.2, -0.15) is 0 Å². The highest BCUT2D eigenvalue weighted by Gasteiger charge is 2.54. The van der Waals surface area contributed by atoms with E-state index in [2.05, 4.69) is 29.2 Å². The molecule has 1 N–H and O–H groups in total. The highest BCUT2D eigenvalue weighted by atomic mass is 16.5. The second-order valence-electron chi connectivity index (χ2n) is 7.94. The van der Waals surface area contributed by atoms with Crippen LogP contribution in [0.3, 0.4) is 0 Å². The number of carbonyl (C=O) groups excluding carboxylic acids is 1. The fraction of sp³-hybridized carbons (Fsp3) is 0.348. The number of benzene rings is 2. The van der Waals surface area contributed by atoms with Crippen LogP contribution in [0.1, 0.15) is 42.6 Å². The summed E-state index contributed by atoms with van der Waals surface area (Å²) in [4.78, 5) is 18.3. The van der Waals surface area contributed by atoms with E-state index in [1.807, 2.05) is 23.1 Å². The lowest BCUT2D eigenvalue weighted by Gasteiger charge is -2.40. The number of hydrogen-bond acceptors (Lipinski definition) is 3. The second kappa shape index (κ2) is 6.03. The first-order chi connectivity index (χ1) is 13.6. The predicted octanol–water partition coefficient (Wildman–Crippen LogP) is 4.17. The van der Waals surface area contributed by atoms with E-state index in [1.54, 1.807) is 21.1 Å². The summed E-state index contributed by atoms with van der Waals surface area (Å²) in [6.45, 7) is 2.41. The van der Waals surface area contributed by atoms with Crippen molar-refractivity contribution in [3.8, 4) is 11.5 Å². The highest BCUT2D eigenvalue weighted by molar-refractivity contribution is 5.88. The van der Waals surface area contributed by atoms with Gasteiger partial charge in [-0.25, -0.2) is 0 Å². The van der Waals surface area contributed by atoms with Gasteiger partial charge in [0.15, 0.2) is 0 Å². The van der Waals surface area contributed by atoms with E-state index in [-0.39, 0.29) is 17.4 Å². The van der Waals surface area contributed by atoms with Crippen LogP contribution in [0.4, 0.5) is 0 Å². The molecule has 2 aromatic carbocycles. The van der Waals surface area contributed by atoms with Crippen LogP contribution in [0.2, 0.25) is 0 Å². The summed E-state index contributed by atoms with van der Waals surface area (Å²) < 4.78 is 11.0. The third-order valence-electron chi connectivity index (χ3n) is 6.27. The predicted molar refractivity (Wildman–Crippen MR) is 108 cm³/mol. The Morgan fingerprint density at radius 2 is 1.79 bits per heavy atom. The van der Waals surface area contributed by atoms with Gasteiger partial charge in [-0.1, -0.05) is 18.2 Å². The maximum Gasteiger partial charge on any atom is 0.220 e. The van der Waals surface area contributed by atoms with Gasteiger partial charge >= 0.3 is 0 Å². The summed E-state index contributed by atoms with van der Waals surface area (Å²) in [6, 6.07) is 14.1. The number of hydrogen-bond donors (Lipinski definition) is 1. The second-order valence-corrected chi connectivity index (χ2v) is 7.94. The third-order valence-corrected chi connectivity index (χ3v) is 6.27. The Labute approximate surface area is 164 Å². The number of ether oxygens (including phenoxy) is 2. The van der Waals surface area contributed by atoms with Crippen LogP contribution in [0, 0.1) is 0 Å². The lowest BCUT2D eigenvalue weighted by molar-refractivity contribution is -0.131. The molecule has 1 unspecified atom stereocenters. The lowest BCUT2D eigenvalue weighted by atomic mass is 9.83. The normalized spacial score (nSPS) is 19.5. The summed E-state index contributed by atoms with van der Waals surface area (Å²) >= 11 is 0. The van der Waals surface area contributed by atoms with Gasteiger partial charge in [0.2, 0.25) is 5.91 Å². The molecule has 1 amide bonds. The Morgan fingerprint density at radius 3 is 2.39 bits per heavy atom. The van der Waals surface area contributed by atoms with E-state index in [0.29, 0.717) is 0 Å². The summed E-state index contributed by atoms with van der Waals surface area (Å²) in [6.07, 6.45) is 2.25. The van der Waals surface area contributed by atoms with E-state index < -0.39 is 0 Å². The molecule has 3 aromatic rings. The molecule has 0 radical (unpaired) electrons. The quantitative estimate of drug-likeness (QED) is 0.746. The molecule has 5 heteroatoms. The molecule has 5 rings (SSSR count). The number of aromatic amines is 1. The maximum atomic E-state index is 12.7. The van der Waals surface area contributed by atoms with Crippen LogP contribution >= 0.6 is 0 Å². The highest BCUT2D eigenvalue weighted by Crippen LogP contribution is 2.58. The summed E-state index contributed by atoms with van der Waals surface area (Å²) in [5.74, 6) is 1.53. The van der Waals surface area contributed by atoms with Crippen molar-refractivity contribution in [2.75, 3.05) is 20.8 Å². The first-order valence-electron chi connectivity index (χ1n) is 9.67. The fourth-order valence-corrected chi connectivity index (χ4v) is 4.78. The number of H-pyrrole nitrogens is 1. The molecule has 0 bridgehead atoms. The van der Waals surface area contributed by atoms with Crippen molar-refractivity contribution in [2.24, 2.45) is 0 Å². The first-order valence-corrected chi connectivity index (χ1v) is 9.67. The molecular formula is C23H24N2O3. The number of carbonyl (C=O) groups is 1. The zero-order valence-electron chi connectivity index (χ0n) is 16.4. The SMILES string of the molecule is COc1cc(OC)cc(C2c3[nH]c4ccccc4c3C3(CC3)CN2C(C)=O)c1. The number of nitrogens with one attached hydrogen (secondary N) is 1. The molecule has 1 saturated carbocycles. The molecule has 5 nitrogen and oxygen atoms in total. The van der Waals surface area contributed by atoms with E-state index in [4.69, 9.17) is 9.47 Å². The van der Waals surface area contributed by atoms with E-state index in [9.17, 15) is 4.79 Å². The average molecular weight is 376 g/mol. The van der Waals surface area contributed by atoms with Crippen molar-refractivity contribution in [3.05, 3.63) is 59.3 Å². The van der Waals surface area contributed by atoms with Crippen LogP contribution < -0.4 is 9.47 Å². The zero-order chi connectivity index (χ0) is 19.5. The number of para-hydroxylation sites is 1. The van der Waals surface area contributed by atoms with Crippen molar-refractivity contribution in [3.63, 3.8) is 0 Å². The van der Waals surface area contributed by atoms with Gasteiger partial charge in [-0.3, -0.25) is 4.79 Å². The number of methoxy groups -OCH3 is 2. The standard InChI is InChI=1S/C23H24N2O3/c1-14(26)25-13-23(8-9-23)20-18-6-4-5-7-19(18)24-21(20)22(25)15-10-16(27-2)12-17(11-15)28-3/h4-7,10-12,22,24H,8-9,13H2,1-3H3. The van der Waals surface area contributed by atoms with Gasteiger partial charge < -0.3 is 19.4 Å². The Morgan fingerprint density at radius 1 is 1.11 bits per heavy atom. The smallest absolute Gasteiger partial charge is 0.220 e. The molecule has 28 heavy (non-hydrogen) atoms. The number of fused-ring (bicyclic) bond motifs is 4. The molecule has 1 aliphatic carbocycles. The molecule has 2 heterocycles. The van der Waals surface area contributed by atoms with E-state index in [0.717, 1.165) is 47.7 Å². The van der Waals surface area contributed by atoms with Gasteiger partial charge in [0.05, 0.1) is 20.3 Å². The van der Waals surface area contributed by atoms with Crippen molar-refractivity contribution in [2.45, 2.75) is 31.2 Å². The molecule has 1 fully saturated rings. The van der Waals surface area contributed by atoms with Crippen LogP contribution in [0.15, 0.2) is 42.5 Å². The van der Waals surface area contributed by atoms with Gasteiger partial charge in [0, 0.05) is 41.5 Å². The number of rotatable bonds is 3. The van der Waals surface area contributed by atoms with Crippen molar-refractivity contribution in [1.82, 2.24) is 9.88 Å². The molecule has 1 aromatic heterocycles. The molecule has 144 valence electrons. The van der Waals surface area contributed by atoms with E-state index in [1.165, 1.54) is 10.9 Å². The minimum Gasteiger partial charge on any atom is -0.497 e. The zero-order valence-corrected chi connectivity index (χ0v) is 16.4. The molecular weight excluding hydrogens is 352 g/mol. The average Bonchev–Trinajstić information content (AvgIpc) is 3.36. The number of aromatic nitrogens is 1. The van der Waals surface area contributed by atoms with Crippen LogP contribution in [0.25, 0.3) is 10.9 Å². The van der Waals surface area contributed by atoms with Crippen LogP contribution in [-0.4, -0.2) is 36.6 Å². The first kappa shape index (κ1) is 17.2. The van der Waals surface area contributed by atoms with E-state index >= 15 is 0 Å². The van der Waals surface area contributed by atoms with Gasteiger partial charge in [-0.15, -0.1) is 0 Å². The van der Waals surface area contributed by atoms with Crippen LogP contribution in [-0.2, 0) is 10.2 Å². The third kappa shape index (κ3) is 2.42. The number of amides is 1.